The van der Waals surface area contributed by atoms with Crippen molar-refractivity contribution in [3.05, 3.63) is 93.9 Å². The third-order valence-corrected chi connectivity index (χ3v) is 7.01. The Kier molecular flexibility index (Phi) is 7.52. The zero-order valence-electron chi connectivity index (χ0n) is 18.3. The quantitative estimate of drug-likeness (QED) is 0.526. The summed E-state index contributed by atoms with van der Waals surface area (Å²) in [5.74, 6) is -0.826. The molecule has 1 atom stereocenters. The highest BCUT2D eigenvalue weighted by molar-refractivity contribution is 7.12. The van der Waals surface area contributed by atoms with Crippen LogP contribution in [0.4, 0.5) is 4.39 Å². The number of hydrogen-bond donors (Lipinski definition) is 2. The first-order valence-electron chi connectivity index (χ1n) is 11.1. The molecule has 0 bridgehead atoms. The van der Waals surface area contributed by atoms with Gasteiger partial charge in [0.25, 0.3) is 5.91 Å². The first-order valence-corrected chi connectivity index (χ1v) is 11.9. The van der Waals surface area contributed by atoms with Gasteiger partial charge in [0, 0.05) is 31.6 Å². The second kappa shape index (κ2) is 10.7. The minimum Gasteiger partial charge on any atom is -0.381 e. The summed E-state index contributed by atoms with van der Waals surface area (Å²) in [6.45, 7) is 1.45. The van der Waals surface area contributed by atoms with E-state index in [1.54, 1.807) is 18.2 Å². The van der Waals surface area contributed by atoms with Crippen LogP contribution in [0.5, 0.6) is 0 Å². The number of halogens is 1. The lowest BCUT2D eigenvalue weighted by molar-refractivity contribution is -0.123. The summed E-state index contributed by atoms with van der Waals surface area (Å²) < 4.78 is 19.5. The Labute approximate surface area is 197 Å². The summed E-state index contributed by atoms with van der Waals surface area (Å²) in [6, 6.07) is 19.0. The van der Waals surface area contributed by atoms with Crippen LogP contribution in [0.15, 0.2) is 72.1 Å². The summed E-state index contributed by atoms with van der Waals surface area (Å²) >= 11 is 1.33. The van der Waals surface area contributed by atoms with E-state index in [4.69, 9.17) is 4.74 Å². The molecule has 33 heavy (non-hydrogen) atoms. The van der Waals surface area contributed by atoms with E-state index in [2.05, 4.69) is 10.6 Å². The number of carbonyl (C=O) groups excluding carboxylic acids is 2. The van der Waals surface area contributed by atoms with Crippen molar-refractivity contribution in [2.75, 3.05) is 19.8 Å². The fraction of sp³-hybridized carbons (Fsp3) is 0.308. The SMILES string of the molecule is O=C(N[C@@H](Cc1ccccc1)C(=O)NCC1(c2cccc(F)c2)CCOCC1)c1cccs1. The van der Waals surface area contributed by atoms with Crippen molar-refractivity contribution in [3.8, 4) is 0 Å². The van der Waals surface area contributed by atoms with Gasteiger partial charge < -0.3 is 15.4 Å². The van der Waals surface area contributed by atoms with E-state index in [1.165, 1.54) is 23.5 Å². The largest absolute Gasteiger partial charge is 0.381 e. The molecule has 1 aromatic heterocycles. The molecule has 4 rings (SSSR count). The van der Waals surface area contributed by atoms with Gasteiger partial charge in [-0.1, -0.05) is 48.5 Å². The van der Waals surface area contributed by atoms with E-state index >= 15 is 0 Å². The first kappa shape index (κ1) is 23.1. The molecule has 1 aliphatic heterocycles. The van der Waals surface area contributed by atoms with Crippen LogP contribution in [0.3, 0.4) is 0 Å². The van der Waals surface area contributed by atoms with Crippen molar-refractivity contribution in [1.29, 1.82) is 0 Å². The molecule has 3 aromatic rings. The maximum absolute atomic E-state index is 14.0. The van der Waals surface area contributed by atoms with Gasteiger partial charge >= 0.3 is 0 Å². The molecule has 0 saturated carbocycles. The summed E-state index contributed by atoms with van der Waals surface area (Å²) in [4.78, 5) is 26.6. The number of rotatable bonds is 8. The van der Waals surface area contributed by atoms with Crippen molar-refractivity contribution in [2.45, 2.75) is 30.7 Å². The van der Waals surface area contributed by atoms with Crippen LogP contribution >= 0.6 is 11.3 Å². The first-order chi connectivity index (χ1) is 16.1. The summed E-state index contributed by atoms with van der Waals surface area (Å²) in [5.41, 5.74) is 1.40. The number of hydrogen-bond acceptors (Lipinski definition) is 4. The van der Waals surface area contributed by atoms with Gasteiger partial charge in [0.1, 0.15) is 11.9 Å². The van der Waals surface area contributed by atoms with E-state index in [0.29, 0.717) is 43.9 Å². The zero-order chi connectivity index (χ0) is 23.1. The van der Waals surface area contributed by atoms with Crippen LogP contribution in [0.1, 0.15) is 33.6 Å². The lowest BCUT2D eigenvalue weighted by atomic mass is 9.74. The van der Waals surface area contributed by atoms with E-state index in [-0.39, 0.29) is 17.6 Å². The average Bonchev–Trinajstić information content (AvgIpc) is 3.39. The van der Waals surface area contributed by atoms with Gasteiger partial charge in [-0.3, -0.25) is 9.59 Å². The minimum absolute atomic E-state index is 0.258. The molecule has 7 heteroatoms. The predicted molar refractivity (Wildman–Crippen MR) is 127 cm³/mol. The number of amides is 2. The van der Waals surface area contributed by atoms with Gasteiger partial charge in [-0.25, -0.2) is 4.39 Å². The third-order valence-electron chi connectivity index (χ3n) is 6.14. The monoisotopic (exact) mass is 466 g/mol. The molecule has 1 aliphatic rings. The zero-order valence-corrected chi connectivity index (χ0v) is 19.1. The van der Waals surface area contributed by atoms with Gasteiger partial charge in [-0.15, -0.1) is 11.3 Å². The third kappa shape index (κ3) is 5.86. The second-order valence-corrected chi connectivity index (χ2v) is 9.26. The number of ether oxygens (including phenoxy) is 1. The Morgan fingerprint density at radius 2 is 1.82 bits per heavy atom. The highest BCUT2D eigenvalue weighted by Crippen LogP contribution is 2.34. The standard InChI is InChI=1S/C26H27FN2O3S/c27-21-9-4-8-20(17-21)26(11-13-32-14-12-26)18-28-24(30)22(16-19-6-2-1-3-7-19)29-25(31)23-10-5-15-33-23/h1-10,15,17,22H,11-14,16,18H2,(H,28,30)(H,29,31)/t22-/m0/s1. The van der Waals surface area contributed by atoms with E-state index in [1.807, 2.05) is 41.8 Å². The van der Waals surface area contributed by atoms with Crippen molar-refractivity contribution >= 4 is 23.2 Å². The molecule has 0 spiro atoms. The molecular weight excluding hydrogens is 439 g/mol. The van der Waals surface area contributed by atoms with Gasteiger partial charge in [-0.05, 0) is 47.5 Å². The van der Waals surface area contributed by atoms with Crippen molar-refractivity contribution in [1.82, 2.24) is 10.6 Å². The predicted octanol–water partition coefficient (Wildman–Crippen LogP) is 4.09. The second-order valence-electron chi connectivity index (χ2n) is 8.31. The summed E-state index contributed by atoms with van der Waals surface area (Å²) in [6.07, 6.45) is 1.74. The normalized spacial score (nSPS) is 16.0. The van der Waals surface area contributed by atoms with Crippen LogP contribution in [-0.4, -0.2) is 37.6 Å². The maximum atomic E-state index is 14.0. The van der Waals surface area contributed by atoms with E-state index in [9.17, 15) is 14.0 Å². The summed E-state index contributed by atoms with van der Waals surface area (Å²) in [5, 5.41) is 7.77. The lowest BCUT2D eigenvalue weighted by Gasteiger charge is -2.38. The fourth-order valence-corrected chi connectivity index (χ4v) is 4.85. The van der Waals surface area contributed by atoms with Crippen molar-refractivity contribution in [3.63, 3.8) is 0 Å². The Bertz CT molecular complexity index is 1070. The van der Waals surface area contributed by atoms with Crippen LogP contribution < -0.4 is 10.6 Å². The van der Waals surface area contributed by atoms with Gasteiger partial charge in [0.15, 0.2) is 0 Å². The minimum atomic E-state index is -0.730. The Morgan fingerprint density at radius 1 is 1.03 bits per heavy atom. The van der Waals surface area contributed by atoms with Crippen molar-refractivity contribution < 1.29 is 18.7 Å². The number of thiophene rings is 1. The smallest absolute Gasteiger partial charge is 0.262 e. The van der Waals surface area contributed by atoms with Crippen molar-refractivity contribution in [2.24, 2.45) is 0 Å². The van der Waals surface area contributed by atoms with E-state index in [0.717, 1.165) is 11.1 Å². The molecule has 0 radical (unpaired) electrons. The molecule has 172 valence electrons. The highest BCUT2D eigenvalue weighted by atomic mass is 32.1. The molecule has 2 N–H and O–H groups in total. The Hall–Kier alpha value is -3.03. The van der Waals surface area contributed by atoms with Crippen LogP contribution in [0, 0.1) is 5.82 Å². The molecule has 2 heterocycles. The average molecular weight is 467 g/mol. The van der Waals surface area contributed by atoms with Crippen LogP contribution in [0.2, 0.25) is 0 Å². The maximum Gasteiger partial charge on any atom is 0.262 e. The molecule has 2 amide bonds. The van der Waals surface area contributed by atoms with Crippen LogP contribution in [-0.2, 0) is 21.4 Å². The molecule has 5 nitrogen and oxygen atoms in total. The molecule has 0 unspecified atom stereocenters. The fourth-order valence-electron chi connectivity index (χ4n) is 4.22. The number of benzene rings is 2. The number of nitrogens with one attached hydrogen (secondary N) is 2. The molecular formula is C26H27FN2O3S. The molecule has 0 aliphatic carbocycles. The molecule has 1 fully saturated rings. The Morgan fingerprint density at radius 3 is 2.52 bits per heavy atom. The Balaban J connectivity index is 1.51. The van der Waals surface area contributed by atoms with Gasteiger partial charge in [0.05, 0.1) is 4.88 Å². The highest BCUT2D eigenvalue weighted by Gasteiger charge is 2.36. The van der Waals surface area contributed by atoms with E-state index < -0.39 is 11.5 Å². The molecule has 2 aromatic carbocycles. The summed E-state index contributed by atoms with van der Waals surface area (Å²) in [7, 11) is 0. The number of carbonyl (C=O) groups is 2. The van der Waals surface area contributed by atoms with Gasteiger partial charge in [0.2, 0.25) is 5.91 Å². The van der Waals surface area contributed by atoms with Gasteiger partial charge in [-0.2, -0.15) is 0 Å². The van der Waals surface area contributed by atoms with Crippen LogP contribution in [0.25, 0.3) is 0 Å². The lowest BCUT2D eigenvalue weighted by Crippen LogP contribution is -2.52. The molecule has 1 saturated heterocycles. The topological polar surface area (TPSA) is 67.4 Å².